The summed E-state index contributed by atoms with van der Waals surface area (Å²) in [5.41, 5.74) is 5.58. The van der Waals surface area contributed by atoms with Gasteiger partial charge in [0.2, 0.25) is 0 Å². The molecule has 13 heavy (non-hydrogen) atoms. The van der Waals surface area contributed by atoms with Crippen molar-refractivity contribution in [3.63, 3.8) is 0 Å². The number of rotatable bonds is 1. The lowest BCUT2D eigenvalue weighted by atomic mass is 10.2. The number of hydrogen-bond donors (Lipinski definition) is 1. The third kappa shape index (κ3) is 1.80. The molecule has 5 heteroatoms. The Balaban J connectivity index is 3.33. The van der Waals surface area contributed by atoms with Crippen molar-refractivity contribution >= 4 is 27.6 Å². The van der Waals surface area contributed by atoms with Crippen LogP contribution in [0.1, 0.15) is 10.4 Å². The maximum Gasteiger partial charge on any atom is 0.342 e. The highest BCUT2D eigenvalue weighted by Gasteiger charge is 2.17. The fourth-order valence-electron chi connectivity index (χ4n) is 0.858. The van der Waals surface area contributed by atoms with Crippen LogP contribution in [0.3, 0.4) is 0 Å². The van der Waals surface area contributed by atoms with E-state index in [9.17, 15) is 9.18 Å². The molecule has 0 unspecified atom stereocenters. The Morgan fingerprint density at radius 2 is 2.23 bits per heavy atom. The largest absolute Gasteiger partial charge is 0.465 e. The minimum absolute atomic E-state index is 0.178. The van der Waals surface area contributed by atoms with Gasteiger partial charge in [-0.15, -0.1) is 0 Å². The first-order chi connectivity index (χ1) is 6.07. The fourth-order valence-corrected chi connectivity index (χ4v) is 1.34. The standard InChI is InChI=1S/C8H7BrFNO2/c1-13-8(12)6-4(10)2-3-5(11)7(6)9/h2-3H,11H2,1H3. The van der Waals surface area contributed by atoms with Crippen LogP contribution in [-0.4, -0.2) is 13.1 Å². The van der Waals surface area contributed by atoms with Crippen molar-refractivity contribution in [1.82, 2.24) is 0 Å². The van der Waals surface area contributed by atoms with E-state index in [0.29, 0.717) is 5.69 Å². The molecule has 0 saturated carbocycles. The number of carbonyl (C=O) groups excluding carboxylic acids is 1. The molecule has 0 heterocycles. The van der Waals surface area contributed by atoms with Crippen LogP contribution in [0.5, 0.6) is 0 Å². The molecule has 0 fully saturated rings. The van der Waals surface area contributed by atoms with Crippen LogP contribution in [0.2, 0.25) is 0 Å². The maximum atomic E-state index is 13.1. The van der Waals surface area contributed by atoms with Gasteiger partial charge in [0.15, 0.2) is 0 Å². The normalized spacial score (nSPS) is 9.77. The van der Waals surface area contributed by atoms with Crippen molar-refractivity contribution in [3.05, 3.63) is 28.0 Å². The summed E-state index contributed by atoms with van der Waals surface area (Å²) in [6.45, 7) is 0. The molecule has 0 aromatic heterocycles. The summed E-state index contributed by atoms with van der Waals surface area (Å²) in [7, 11) is 1.18. The Kier molecular flexibility index (Phi) is 2.87. The number of anilines is 1. The lowest BCUT2D eigenvalue weighted by Crippen LogP contribution is -2.07. The van der Waals surface area contributed by atoms with Gasteiger partial charge in [-0.3, -0.25) is 0 Å². The predicted octanol–water partition coefficient (Wildman–Crippen LogP) is 1.96. The number of benzene rings is 1. The van der Waals surface area contributed by atoms with Crippen LogP contribution < -0.4 is 5.73 Å². The second-order valence-corrected chi connectivity index (χ2v) is 3.11. The highest BCUT2D eigenvalue weighted by atomic mass is 79.9. The van der Waals surface area contributed by atoms with Crippen molar-refractivity contribution < 1.29 is 13.9 Å². The highest BCUT2D eigenvalue weighted by molar-refractivity contribution is 9.10. The molecule has 0 amide bonds. The first kappa shape index (κ1) is 9.98. The van der Waals surface area contributed by atoms with Crippen molar-refractivity contribution in [3.8, 4) is 0 Å². The number of halogens is 2. The molecule has 3 nitrogen and oxygen atoms in total. The first-order valence-electron chi connectivity index (χ1n) is 3.39. The first-order valence-corrected chi connectivity index (χ1v) is 4.19. The van der Waals surface area contributed by atoms with E-state index in [-0.39, 0.29) is 10.0 Å². The molecule has 1 aromatic rings. The predicted molar refractivity (Wildman–Crippen MR) is 49.9 cm³/mol. The molecule has 0 atom stereocenters. The molecule has 0 radical (unpaired) electrons. The van der Waals surface area contributed by atoms with Gasteiger partial charge < -0.3 is 10.5 Å². The van der Waals surface area contributed by atoms with Crippen LogP contribution in [0.15, 0.2) is 16.6 Å². The van der Waals surface area contributed by atoms with Gasteiger partial charge in [-0.1, -0.05) is 0 Å². The minimum Gasteiger partial charge on any atom is -0.465 e. The second kappa shape index (κ2) is 3.74. The van der Waals surface area contributed by atoms with E-state index in [1.54, 1.807) is 0 Å². The van der Waals surface area contributed by atoms with Gasteiger partial charge in [0.05, 0.1) is 11.6 Å². The zero-order valence-corrected chi connectivity index (χ0v) is 8.39. The van der Waals surface area contributed by atoms with E-state index < -0.39 is 11.8 Å². The van der Waals surface area contributed by atoms with Gasteiger partial charge >= 0.3 is 5.97 Å². The molecule has 1 aromatic carbocycles. The van der Waals surface area contributed by atoms with Crippen LogP contribution >= 0.6 is 15.9 Å². The summed E-state index contributed by atoms with van der Waals surface area (Å²) in [5, 5.41) is 0. The van der Waals surface area contributed by atoms with Gasteiger partial charge in [0.1, 0.15) is 11.4 Å². The third-order valence-corrected chi connectivity index (χ3v) is 2.36. The lowest BCUT2D eigenvalue weighted by molar-refractivity contribution is 0.0594. The van der Waals surface area contributed by atoms with E-state index in [0.717, 1.165) is 6.07 Å². The van der Waals surface area contributed by atoms with Gasteiger partial charge in [0, 0.05) is 5.69 Å². The van der Waals surface area contributed by atoms with Crippen LogP contribution in [-0.2, 0) is 4.74 Å². The molecule has 0 bridgehead atoms. The Bertz CT molecular complexity index is 354. The SMILES string of the molecule is COC(=O)c1c(F)ccc(N)c1Br. The summed E-state index contributed by atoms with van der Waals surface area (Å²) in [5.74, 6) is -1.41. The van der Waals surface area contributed by atoms with Crippen molar-refractivity contribution in [2.75, 3.05) is 12.8 Å². The number of methoxy groups -OCH3 is 1. The summed E-state index contributed by atoms with van der Waals surface area (Å²) >= 11 is 3.01. The van der Waals surface area contributed by atoms with Crippen molar-refractivity contribution in [2.45, 2.75) is 0 Å². The molecule has 0 spiro atoms. The molecule has 0 aliphatic heterocycles. The molecular weight excluding hydrogens is 241 g/mol. The topological polar surface area (TPSA) is 52.3 Å². The lowest BCUT2D eigenvalue weighted by Gasteiger charge is -2.05. The van der Waals surface area contributed by atoms with E-state index in [4.69, 9.17) is 5.73 Å². The summed E-state index contributed by atoms with van der Waals surface area (Å²) in [6.07, 6.45) is 0. The zero-order chi connectivity index (χ0) is 10.0. The molecule has 1 rings (SSSR count). The Morgan fingerprint density at radius 1 is 1.62 bits per heavy atom. The molecule has 2 N–H and O–H groups in total. The molecule has 0 aliphatic carbocycles. The quantitative estimate of drug-likeness (QED) is 0.610. The number of hydrogen-bond acceptors (Lipinski definition) is 3. The summed E-state index contributed by atoms with van der Waals surface area (Å²) < 4.78 is 17.7. The van der Waals surface area contributed by atoms with Gasteiger partial charge in [-0.2, -0.15) is 0 Å². The molecule has 0 aliphatic rings. The molecular formula is C8H7BrFNO2. The molecule has 0 saturated heterocycles. The van der Waals surface area contributed by atoms with Gasteiger partial charge in [0.25, 0.3) is 0 Å². The van der Waals surface area contributed by atoms with Crippen LogP contribution in [0.4, 0.5) is 10.1 Å². The van der Waals surface area contributed by atoms with Gasteiger partial charge in [-0.05, 0) is 28.1 Å². The number of nitrogens with two attached hydrogens (primary N) is 1. The average molecular weight is 248 g/mol. The fraction of sp³-hybridized carbons (Fsp3) is 0.125. The van der Waals surface area contributed by atoms with Crippen LogP contribution in [0.25, 0.3) is 0 Å². The molecule has 70 valence electrons. The van der Waals surface area contributed by atoms with Crippen LogP contribution in [0, 0.1) is 5.82 Å². The Hall–Kier alpha value is -1.10. The maximum absolute atomic E-state index is 13.1. The average Bonchev–Trinajstić information content (AvgIpc) is 2.12. The summed E-state index contributed by atoms with van der Waals surface area (Å²) in [4.78, 5) is 11.1. The smallest absolute Gasteiger partial charge is 0.342 e. The van der Waals surface area contributed by atoms with E-state index in [2.05, 4.69) is 20.7 Å². The summed E-state index contributed by atoms with van der Waals surface area (Å²) in [6, 6.07) is 2.48. The number of ether oxygens (including phenoxy) is 1. The number of carbonyl (C=O) groups is 1. The van der Waals surface area contributed by atoms with E-state index in [1.807, 2.05) is 0 Å². The van der Waals surface area contributed by atoms with E-state index >= 15 is 0 Å². The van der Waals surface area contributed by atoms with E-state index in [1.165, 1.54) is 13.2 Å². The Morgan fingerprint density at radius 3 is 2.77 bits per heavy atom. The van der Waals surface area contributed by atoms with Crippen molar-refractivity contribution in [2.24, 2.45) is 0 Å². The highest BCUT2D eigenvalue weighted by Crippen LogP contribution is 2.26. The number of esters is 1. The van der Waals surface area contributed by atoms with Gasteiger partial charge in [-0.25, -0.2) is 9.18 Å². The van der Waals surface area contributed by atoms with Crippen molar-refractivity contribution in [1.29, 1.82) is 0 Å². The Labute approximate surface area is 82.8 Å². The minimum atomic E-state index is -0.753. The number of nitrogen functional groups attached to an aromatic ring is 1. The third-order valence-electron chi connectivity index (χ3n) is 1.51. The second-order valence-electron chi connectivity index (χ2n) is 2.32. The zero-order valence-electron chi connectivity index (χ0n) is 6.80. The monoisotopic (exact) mass is 247 g/mol.